The average Bonchev–Trinajstić information content (AvgIpc) is 3.24. The van der Waals surface area contributed by atoms with Gasteiger partial charge in [-0.05, 0) is 6.07 Å². The van der Waals surface area contributed by atoms with Crippen molar-refractivity contribution in [1.29, 1.82) is 0 Å². The fraction of sp³-hybridized carbons (Fsp3) is 0.364. The summed E-state index contributed by atoms with van der Waals surface area (Å²) >= 11 is 1.26. The maximum atomic E-state index is 14.5. The predicted molar refractivity (Wildman–Crippen MR) is 133 cm³/mol. The summed E-state index contributed by atoms with van der Waals surface area (Å²) in [6.07, 6.45) is 0. The van der Waals surface area contributed by atoms with E-state index in [2.05, 4.69) is 19.9 Å². The van der Waals surface area contributed by atoms with Gasteiger partial charge in [-0.25, -0.2) is 14.2 Å². The van der Waals surface area contributed by atoms with Crippen molar-refractivity contribution in [3.63, 3.8) is 0 Å². The van der Waals surface area contributed by atoms with Gasteiger partial charge in [0.15, 0.2) is 16.3 Å². The summed E-state index contributed by atoms with van der Waals surface area (Å²) in [6, 6.07) is 6.32. The molecule has 14 heteroatoms. The quantitative estimate of drug-likeness (QED) is 0.363. The third-order valence-electron chi connectivity index (χ3n) is 5.91. The van der Waals surface area contributed by atoms with Crippen molar-refractivity contribution in [2.45, 2.75) is 17.5 Å². The number of benzene rings is 1. The predicted octanol–water partition coefficient (Wildman–Crippen LogP) is 0.517. The Hall–Kier alpha value is -3.78. The summed E-state index contributed by atoms with van der Waals surface area (Å²) in [5, 5.41) is 0.415. The van der Waals surface area contributed by atoms with Gasteiger partial charge in [-0.15, -0.1) is 0 Å². The van der Waals surface area contributed by atoms with E-state index in [1.165, 1.54) is 29.4 Å². The highest BCUT2D eigenvalue weighted by atomic mass is 32.2. The minimum Gasteiger partial charge on any atom is -0.378 e. The SMILES string of the molecule is Cn1c(=O)c2c(nc(SCc3nc(N)nc(N4CCOCC4)n3)n2Cc2ccccc2F)n(C)c1=O. The molecule has 4 heterocycles. The lowest BCUT2D eigenvalue weighted by Crippen LogP contribution is -2.37. The monoisotopic (exact) mass is 513 g/mol. The molecule has 0 radical (unpaired) electrons. The minimum absolute atomic E-state index is 0.0529. The topological polar surface area (TPSA) is 139 Å². The smallest absolute Gasteiger partial charge is 0.332 e. The van der Waals surface area contributed by atoms with E-state index in [4.69, 9.17) is 10.5 Å². The van der Waals surface area contributed by atoms with Crippen molar-refractivity contribution >= 4 is 34.8 Å². The number of thioether (sulfide) groups is 1. The van der Waals surface area contributed by atoms with Crippen molar-refractivity contribution in [3.8, 4) is 0 Å². The maximum Gasteiger partial charge on any atom is 0.332 e. The molecule has 1 saturated heterocycles. The van der Waals surface area contributed by atoms with Gasteiger partial charge in [0.2, 0.25) is 11.9 Å². The van der Waals surface area contributed by atoms with Crippen molar-refractivity contribution in [1.82, 2.24) is 33.6 Å². The van der Waals surface area contributed by atoms with E-state index in [0.717, 1.165) is 4.57 Å². The lowest BCUT2D eigenvalue weighted by Gasteiger charge is -2.26. The Morgan fingerprint density at radius 3 is 2.56 bits per heavy atom. The number of hydrogen-bond acceptors (Lipinski definition) is 10. The van der Waals surface area contributed by atoms with Gasteiger partial charge in [0.05, 0.1) is 25.5 Å². The standard InChI is InChI=1S/C22H24FN9O3S/c1-29-17-16(18(33)30(2)22(29)34)32(11-13-5-3-4-6-14(13)23)21(27-17)36-12-15-25-19(24)28-20(26-15)31-7-9-35-10-8-31/h3-6H,7-12H2,1-2H3,(H2,24,25,26,28). The number of imidazole rings is 1. The largest absolute Gasteiger partial charge is 0.378 e. The number of anilines is 2. The van der Waals surface area contributed by atoms with E-state index < -0.39 is 17.1 Å². The Balaban J connectivity index is 1.54. The zero-order valence-corrected chi connectivity index (χ0v) is 20.5. The first-order valence-corrected chi connectivity index (χ1v) is 12.2. The molecule has 0 atom stereocenters. The number of nitrogens with two attached hydrogens (primary N) is 1. The Kier molecular flexibility index (Phi) is 6.45. The van der Waals surface area contributed by atoms with Crippen LogP contribution in [0.2, 0.25) is 0 Å². The number of halogens is 1. The lowest BCUT2D eigenvalue weighted by molar-refractivity contribution is 0.122. The zero-order chi connectivity index (χ0) is 25.4. The summed E-state index contributed by atoms with van der Waals surface area (Å²) in [7, 11) is 2.94. The van der Waals surface area contributed by atoms with E-state index >= 15 is 0 Å². The van der Waals surface area contributed by atoms with Gasteiger partial charge in [0.1, 0.15) is 11.6 Å². The lowest BCUT2D eigenvalue weighted by atomic mass is 10.2. The number of nitrogen functional groups attached to an aromatic ring is 1. The van der Waals surface area contributed by atoms with Gasteiger partial charge in [-0.2, -0.15) is 15.0 Å². The van der Waals surface area contributed by atoms with Crippen LogP contribution in [-0.2, 0) is 31.1 Å². The second kappa shape index (κ2) is 9.70. The second-order valence-corrected chi connectivity index (χ2v) is 9.19. The number of rotatable bonds is 6. The molecule has 5 rings (SSSR count). The van der Waals surface area contributed by atoms with Crippen LogP contribution in [0.4, 0.5) is 16.3 Å². The fourth-order valence-corrected chi connectivity index (χ4v) is 4.85. The van der Waals surface area contributed by atoms with Gasteiger partial charge in [0.25, 0.3) is 5.56 Å². The van der Waals surface area contributed by atoms with Crippen LogP contribution < -0.4 is 21.9 Å². The summed E-state index contributed by atoms with van der Waals surface area (Å²) in [6.45, 7) is 2.49. The first-order chi connectivity index (χ1) is 17.3. The van der Waals surface area contributed by atoms with Crippen LogP contribution in [0.15, 0.2) is 39.0 Å². The van der Waals surface area contributed by atoms with E-state index in [1.54, 1.807) is 29.8 Å². The molecule has 0 aliphatic carbocycles. The molecule has 0 amide bonds. The van der Waals surface area contributed by atoms with Gasteiger partial charge >= 0.3 is 5.69 Å². The molecule has 0 bridgehead atoms. The van der Waals surface area contributed by atoms with Gasteiger partial charge in [0, 0.05) is 32.7 Å². The van der Waals surface area contributed by atoms with Gasteiger partial charge in [-0.3, -0.25) is 13.9 Å². The number of morpholine rings is 1. The van der Waals surface area contributed by atoms with Crippen LogP contribution in [0.3, 0.4) is 0 Å². The van der Waals surface area contributed by atoms with Crippen LogP contribution in [0, 0.1) is 5.82 Å². The number of fused-ring (bicyclic) bond motifs is 1. The minimum atomic E-state index is -0.511. The Morgan fingerprint density at radius 2 is 1.81 bits per heavy atom. The normalized spacial score (nSPS) is 14.0. The Morgan fingerprint density at radius 1 is 1.06 bits per heavy atom. The van der Waals surface area contributed by atoms with Crippen LogP contribution in [0.1, 0.15) is 11.4 Å². The van der Waals surface area contributed by atoms with E-state index in [1.807, 2.05) is 4.90 Å². The van der Waals surface area contributed by atoms with Crippen LogP contribution >= 0.6 is 11.8 Å². The molecule has 1 fully saturated rings. The van der Waals surface area contributed by atoms with Crippen LogP contribution in [0.5, 0.6) is 0 Å². The third-order valence-corrected chi connectivity index (χ3v) is 6.88. The third kappa shape index (κ3) is 4.44. The molecule has 1 aliphatic rings. The molecule has 1 aliphatic heterocycles. The zero-order valence-electron chi connectivity index (χ0n) is 19.7. The van der Waals surface area contributed by atoms with Crippen LogP contribution in [0.25, 0.3) is 11.2 Å². The number of aromatic nitrogens is 7. The number of ether oxygens (including phenoxy) is 1. The molecule has 3 aromatic heterocycles. The Bertz CT molecular complexity index is 1560. The molecule has 12 nitrogen and oxygen atoms in total. The average molecular weight is 514 g/mol. The molecule has 0 unspecified atom stereocenters. The van der Waals surface area contributed by atoms with Crippen LogP contribution in [-0.4, -0.2) is 59.9 Å². The molecule has 0 saturated carbocycles. The van der Waals surface area contributed by atoms with E-state index in [9.17, 15) is 14.0 Å². The Labute approximate surface area is 208 Å². The van der Waals surface area contributed by atoms with Gasteiger partial charge in [-0.1, -0.05) is 30.0 Å². The first-order valence-electron chi connectivity index (χ1n) is 11.2. The molecular formula is C22H24FN9O3S. The highest BCUT2D eigenvalue weighted by molar-refractivity contribution is 7.98. The molecule has 188 valence electrons. The fourth-order valence-electron chi connectivity index (χ4n) is 4.00. The summed E-state index contributed by atoms with van der Waals surface area (Å²) < 4.78 is 23.8. The number of aryl methyl sites for hydroxylation is 1. The summed E-state index contributed by atoms with van der Waals surface area (Å²) in [5.74, 6) is 0.854. The summed E-state index contributed by atoms with van der Waals surface area (Å²) in [5.41, 5.74) is 5.73. The second-order valence-electron chi connectivity index (χ2n) is 8.25. The molecule has 1 aromatic carbocycles. The molecular weight excluding hydrogens is 489 g/mol. The molecule has 36 heavy (non-hydrogen) atoms. The summed E-state index contributed by atoms with van der Waals surface area (Å²) in [4.78, 5) is 45.2. The van der Waals surface area contributed by atoms with Crippen molar-refractivity contribution < 1.29 is 9.13 Å². The molecule has 0 spiro atoms. The van der Waals surface area contributed by atoms with Crippen molar-refractivity contribution in [2.24, 2.45) is 14.1 Å². The molecule has 2 N–H and O–H groups in total. The highest BCUT2D eigenvalue weighted by Gasteiger charge is 2.22. The highest BCUT2D eigenvalue weighted by Crippen LogP contribution is 2.26. The maximum absolute atomic E-state index is 14.5. The molecule has 4 aromatic rings. The first kappa shape index (κ1) is 23.9. The van der Waals surface area contributed by atoms with Crippen molar-refractivity contribution in [3.05, 3.63) is 62.3 Å². The van der Waals surface area contributed by atoms with E-state index in [0.29, 0.717) is 48.8 Å². The number of hydrogen-bond donors (Lipinski definition) is 1. The number of nitrogens with zero attached hydrogens (tertiary/aromatic N) is 8. The van der Waals surface area contributed by atoms with Crippen molar-refractivity contribution in [2.75, 3.05) is 36.9 Å². The van der Waals surface area contributed by atoms with Gasteiger partial charge < -0.3 is 19.9 Å². The van der Waals surface area contributed by atoms with E-state index in [-0.39, 0.29) is 29.4 Å².